The van der Waals surface area contributed by atoms with E-state index < -0.39 is 5.82 Å². The minimum Gasteiger partial charge on any atom is -0.493 e. The molecule has 0 spiro atoms. The summed E-state index contributed by atoms with van der Waals surface area (Å²) in [6.45, 7) is 1.76. The summed E-state index contributed by atoms with van der Waals surface area (Å²) in [5, 5.41) is 0. The molecule has 0 bridgehead atoms. The predicted molar refractivity (Wildman–Crippen MR) is 59.8 cm³/mol. The lowest BCUT2D eigenvalue weighted by Gasteiger charge is -2.15. The zero-order valence-corrected chi connectivity index (χ0v) is 10.4. The van der Waals surface area contributed by atoms with Gasteiger partial charge in [-0.1, -0.05) is 0 Å². The van der Waals surface area contributed by atoms with Gasteiger partial charge in [0.15, 0.2) is 11.5 Å². The Kier molecular flexibility index (Phi) is 3.93. The van der Waals surface area contributed by atoms with E-state index in [9.17, 15) is 4.39 Å². The lowest BCUT2D eigenvalue weighted by Crippen LogP contribution is -2.09. The molecule has 1 aromatic carbocycles. The van der Waals surface area contributed by atoms with Gasteiger partial charge >= 0.3 is 0 Å². The SMILES string of the molecule is COc1c(Br)cc(C(C)N)c(OC)c1F. The Morgan fingerprint density at radius 2 is 1.87 bits per heavy atom. The molecule has 3 nitrogen and oxygen atoms in total. The van der Waals surface area contributed by atoms with Gasteiger partial charge in [-0.3, -0.25) is 0 Å². The van der Waals surface area contributed by atoms with Crippen LogP contribution in [0.2, 0.25) is 0 Å². The number of hydrogen-bond acceptors (Lipinski definition) is 3. The molecule has 0 radical (unpaired) electrons. The lowest BCUT2D eigenvalue weighted by molar-refractivity contribution is 0.344. The zero-order chi connectivity index (χ0) is 11.6. The fourth-order valence-electron chi connectivity index (χ4n) is 1.34. The molecule has 2 N–H and O–H groups in total. The monoisotopic (exact) mass is 277 g/mol. The average Bonchev–Trinajstić information content (AvgIpc) is 2.17. The van der Waals surface area contributed by atoms with Gasteiger partial charge in [-0.05, 0) is 28.9 Å². The van der Waals surface area contributed by atoms with Gasteiger partial charge in [0.25, 0.3) is 0 Å². The molecule has 1 unspecified atom stereocenters. The van der Waals surface area contributed by atoms with Crippen molar-refractivity contribution in [1.29, 1.82) is 0 Å². The van der Waals surface area contributed by atoms with E-state index >= 15 is 0 Å². The van der Waals surface area contributed by atoms with Gasteiger partial charge in [0.1, 0.15) is 0 Å². The number of ether oxygens (including phenoxy) is 2. The highest BCUT2D eigenvalue weighted by atomic mass is 79.9. The normalized spacial score (nSPS) is 12.4. The van der Waals surface area contributed by atoms with E-state index in [0.717, 1.165) is 0 Å². The number of rotatable bonds is 3. The molecule has 0 aliphatic heterocycles. The smallest absolute Gasteiger partial charge is 0.208 e. The average molecular weight is 278 g/mol. The second-order valence-corrected chi connectivity index (χ2v) is 3.97. The van der Waals surface area contributed by atoms with Crippen LogP contribution in [0, 0.1) is 5.82 Å². The Labute approximate surface area is 96.5 Å². The van der Waals surface area contributed by atoms with Crippen molar-refractivity contribution in [1.82, 2.24) is 0 Å². The summed E-state index contributed by atoms with van der Waals surface area (Å²) in [4.78, 5) is 0. The third-order valence-corrected chi connectivity index (χ3v) is 2.65. The van der Waals surface area contributed by atoms with Gasteiger partial charge in [0.05, 0.1) is 18.7 Å². The van der Waals surface area contributed by atoms with Crippen molar-refractivity contribution >= 4 is 15.9 Å². The minimum absolute atomic E-state index is 0.122. The summed E-state index contributed by atoms with van der Waals surface area (Å²) in [5.41, 5.74) is 6.31. The van der Waals surface area contributed by atoms with Gasteiger partial charge in [0.2, 0.25) is 5.82 Å². The van der Waals surface area contributed by atoms with E-state index in [4.69, 9.17) is 15.2 Å². The van der Waals surface area contributed by atoms with Gasteiger partial charge in [-0.25, -0.2) is 0 Å². The zero-order valence-electron chi connectivity index (χ0n) is 8.80. The largest absolute Gasteiger partial charge is 0.493 e. The van der Waals surface area contributed by atoms with Gasteiger partial charge in [0, 0.05) is 11.6 Å². The number of benzene rings is 1. The highest BCUT2D eigenvalue weighted by Crippen LogP contribution is 2.38. The Balaban J connectivity index is 3.44. The maximum Gasteiger partial charge on any atom is 0.208 e. The van der Waals surface area contributed by atoms with Crippen LogP contribution in [-0.4, -0.2) is 14.2 Å². The quantitative estimate of drug-likeness (QED) is 0.924. The van der Waals surface area contributed by atoms with Gasteiger partial charge in [-0.2, -0.15) is 4.39 Å². The highest BCUT2D eigenvalue weighted by molar-refractivity contribution is 9.10. The Hall–Kier alpha value is -0.810. The maximum absolute atomic E-state index is 13.8. The van der Waals surface area contributed by atoms with Crippen LogP contribution in [0.3, 0.4) is 0 Å². The van der Waals surface area contributed by atoms with Crippen LogP contribution >= 0.6 is 15.9 Å². The molecule has 84 valence electrons. The molecule has 1 atom stereocenters. The summed E-state index contributed by atoms with van der Waals surface area (Å²) >= 11 is 3.21. The second kappa shape index (κ2) is 4.81. The van der Waals surface area contributed by atoms with E-state index in [0.29, 0.717) is 10.0 Å². The van der Waals surface area contributed by atoms with E-state index in [-0.39, 0.29) is 17.5 Å². The van der Waals surface area contributed by atoms with Crippen LogP contribution in [0.15, 0.2) is 10.5 Å². The standard InChI is InChI=1S/C10H13BrFNO2/c1-5(13)6-4-7(11)10(15-3)8(12)9(6)14-2/h4-5H,13H2,1-3H3. The van der Waals surface area contributed by atoms with Crippen LogP contribution in [0.1, 0.15) is 18.5 Å². The molecule has 0 aliphatic carbocycles. The highest BCUT2D eigenvalue weighted by Gasteiger charge is 2.20. The van der Waals surface area contributed by atoms with Crippen molar-refractivity contribution in [2.45, 2.75) is 13.0 Å². The number of halogens is 2. The molecule has 0 amide bonds. The number of methoxy groups -OCH3 is 2. The predicted octanol–water partition coefficient (Wildman–Crippen LogP) is 2.63. The van der Waals surface area contributed by atoms with Crippen molar-refractivity contribution < 1.29 is 13.9 Å². The molecule has 0 heterocycles. The summed E-state index contributed by atoms with van der Waals surface area (Å²) in [7, 11) is 2.80. The van der Waals surface area contributed by atoms with Gasteiger partial charge in [-0.15, -0.1) is 0 Å². The summed E-state index contributed by atoms with van der Waals surface area (Å²) in [6.07, 6.45) is 0. The summed E-state index contributed by atoms with van der Waals surface area (Å²) < 4.78 is 24.2. The molecule has 15 heavy (non-hydrogen) atoms. The minimum atomic E-state index is -0.540. The van der Waals surface area contributed by atoms with Crippen molar-refractivity contribution in [3.05, 3.63) is 21.9 Å². The second-order valence-electron chi connectivity index (χ2n) is 3.12. The van der Waals surface area contributed by atoms with E-state index in [1.165, 1.54) is 14.2 Å². The third-order valence-electron chi connectivity index (χ3n) is 2.06. The first-order valence-corrected chi connectivity index (χ1v) is 5.17. The van der Waals surface area contributed by atoms with E-state index in [1.807, 2.05) is 0 Å². The van der Waals surface area contributed by atoms with Crippen LogP contribution in [0.25, 0.3) is 0 Å². The third kappa shape index (κ3) is 2.23. The first-order chi connectivity index (χ1) is 7.02. The topological polar surface area (TPSA) is 44.5 Å². The molecule has 0 fully saturated rings. The maximum atomic E-state index is 13.8. The van der Waals surface area contributed by atoms with E-state index in [1.54, 1.807) is 13.0 Å². The number of nitrogens with two attached hydrogens (primary N) is 1. The lowest BCUT2D eigenvalue weighted by atomic mass is 10.1. The molecule has 0 aromatic heterocycles. The van der Waals surface area contributed by atoms with Crippen LogP contribution < -0.4 is 15.2 Å². The molecule has 0 aliphatic rings. The molecular weight excluding hydrogens is 265 g/mol. The summed E-state index contributed by atoms with van der Waals surface area (Å²) in [5.74, 6) is -0.289. The molecule has 0 saturated carbocycles. The molecule has 1 aromatic rings. The van der Waals surface area contributed by atoms with Crippen molar-refractivity contribution in [3.8, 4) is 11.5 Å². The van der Waals surface area contributed by atoms with Crippen LogP contribution in [-0.2, 0) is 0 Å². The van der Waals surface area contributed by atoms with Gasteiger partial charge < -0.3 is 15.2 Å². The fourth-order valence-corrected chi connectivity index (χ4v) is 1.92. The first kappa shape index (κ1) is 12.3. The number of hydrogen-bond donors (Lipinski definition) is 1. The molecule has 5 heteroatoms. The fraction of sp³-hybridized carbons (Fsp3) is 0.400. The Morgan fingerprint density at radius 3 is 2.27 bits per heavy atom. The van der Waals surface area contributed by atoms with Crippen molar-refractivity contribution in [2.75, 3.05) is 14.2 Å². The van der Waals surface area contributed by atoms with E-state index in [2.05, 4.69) is 15.9 Å². The van der Waals surface area contributed by atoms with Crippen LogP contribution in [0.5, 0.6) is 11.5 Å². The first-order valence-electron chi connectivity index (χ1n) is 4.38. The van der Waals surface area contributed by atoms with Crippen molar-refractivity contribution in [2.24, 2.45) is 5.73 Å². The molecule has 1 rings (SSSR count). The molecular formula is C10H13BrFNO2. The molecule has 0 saturated heterocycles. The Bertz CT molecular complexity index is 369. The Morgan fingerprint density at radius 1 is 1.33 bits per heavy atom. The summed E-state index contributed by atoms with van der Waals surface area (Å²) in [6, 6.07) is 1.39. The van der Waals surface area contributed by atoms with Crippen LogP contribution in [0.4, 0.5) is 4.39 Å². The van der Waals surface area contributed by atoms with Crippen molar-refractivity contribution in [3.63, 3.8) is 0 Å².